The van der Waals surface area contributed by atoms with Gasteiger partial charge in [0.25, 0.3) is 17.7 Å². The molecule has 4 rings (SSSR count). The molecule has 116 valence electrons. The van der Waals surface area contributed by atoms with Gasteiger partial charge in [0.1, 0.15) is 0 Å². The zero-order valence-corrected chi connectivity index (χ0v) is 12.4. The lowest BCUT2D eigenvalue weighted by Gasteiger charge is -2.12. The predicted octanol–water partition coefficient (Wildman–Crippen LogP) is 2.31. The quantitative estimate of drug-likeness (QED) is 0.680. The average Bonchev–Trinajstić information content (AvgIpc) is 3.23. The Morgan fingerprint density at radius 1 is 0.833 bits per heavy atom. The first-order valence-corrected chi connectivity index (χ1v) is 7.29. The number of amides is 3. The summed E-state index contributed by atoms with van der Waals surface area (Å²) >= 11 is 0. The van der Waals surface area contributed by atoms with E-state index in [0.717, 1.165) is 5.69 Å². The van der Waals surface area contributed by atoms with Crippen LogP contribution in [0.2, 0.25) is 0 Å². The first-order valence-electron chi connectivity index (χ1n) is 7.29. The van der Waals surface area contributed by atoms with Gasteiger partial charge in [0.15, 0.2) is 0 Å². The molecule has 1 aromatic heterocycles. The van der Waals surface area contributed by atoms with Gasteiger partial charge in [0, 0.05) is 18.0 Å². The van der Waals surface area contributed by atoms with E-state index in [9.17, 15) is 14.4 Å². The fraction of sp³-hybridized carbons (Fsp3) is 0. The molecule has 1 aliphatic rings. The molecule has 2 heterocycles. The van der Waals surface area contributed by atoms with Gasteiger partial charge in [0.2, 0.25) is 0 Å². The van der Waals surface area contributed by atoms with Crippen LogP contribution in [0.4, 0.5) is 0 Å². The zero-order chi connectivity index (χ0) is 16.7. The maximum Gasteiger partial charge on any atom is 0.268 e. The van der Waals surface area contributed by atoms with Crippen LogP contribution in [0.1, 0.15) is 31.1 Å². The molecule has 0 fully saturated rings. The summed E-state index contributed by atoms with van der Waals surface area (Å²) < 4.78 is 1.65. The van der Waals surface area contributed by atoms with Gasteiger partial charge in [-0.2, -0.15) is 5.10 Å². The van der Waals surface area contributed by atoms with Crippen molar-refractivity contribution in [1.82, 2.24) is 14.7 Å². The predicted molar refractivity (Wildman–Crippen MR) is 84.8 cm³/mol. The highest BCUT2D eigenvalue weighted by atomic mass is 16.2. The highest BCUT2D eigenvalue weighted by Crippen LogP contribution is 2.24. The zero-order valence-electron chi connectivity index (χ0n) is 12.4. The molecule has 1 aliphatic heterocycles. The molecule has 6 nitrogen and oxygen atoms in total. The number of hydrogen-bond donors (Lipinski definition) is 0. The van der Waals surface area contributed by atoms with E-state index in [4.69, 9.17) is 0 Å². The number of carbonyl (C=O) groups is 3. The van der Waals surface area contributed by atoms with Crippen LogP contribution < -0.4 is 0 Å². The van der Waals surface area contributed by atoms with E-state index < -0.39 is 17.7 Å². The van der Waals surface area contributed by atoms with Gasteiger partial charge < -0.3 is 0 Å². The summed E-state index contributed by atoms with van der Waals surface area (Å²) in [6, 6.07) is 14.8. The molecule has 0 spiro atoms. The molecule has 0 radical (unpaired) electrons. The summed E-state index contributed by atoms with van der Waals surface area (Å²) in [6.45, 7) is 0. The van der Waals surface area contributed by atoms with Crippen molar-refractivity contribution < 1.29 is 14.4 Å². The van der Waals surface area contributed by atoms with Gasteiger partial charge in [-0.05, 0) is 42.5 Å². The smallest absolute Gasteiger partial charge is 0.268 e. The number of imide groups is 3. The van der Waals surface area contributed by atoms with Gasteiger partial charge in [-0.25, -0.2) is 9.58 Å². The largest absolute Gasteiger partial charge is 0.268 e. The molecule has 0 unspecified atom stereocenters. The highest BCUT2D eigenvalue weighted by molar-refractivity contribution is 6.31. The number of rotatable bonds is 2. The van der Waals surface area contributed by atoms with Gasteiger partial charge in [-0.15, -0.1) is 0 Å². The Morgan fingerprint density at radius 2 is 1.46 bits per heavy atom. The van der Waals surface area contributed by atoms with Crippen molar-refractivity contribution in [2.45, 2.75) is 0 Å². The van der Waals surface area contributed by atoms with E-state index in [0.29, 0.717) is 4.90 Å². The van der Waals surface area contributed by atoms with Gasteiger partial charge in [-0.3, -0.25) is 14.4 Å². The van der Waals surface area contributed by atoms with Crippen molar-refractivity contribution >= 4 is 17.7 Å². The molecule has 0 saturated carbocycles. The van der Waals surface area contributed by atoms with E-state index in [1.54, 1.807) is 71.7 Å². The second-order valence-corrected chi connectivity index (χ2v) is 5.29. The fourth-order valence-electron chi connectivity index (χ4n) is 2.68. The van der Waals surface area contributed by atoms with Crippen LogP contribution in [-0.2, 0) is 0 Å². The van der Waals surface area contributed by atoms with Crippen LogP contribution in [0.5, 0.6) is 0 Å². The van der Waals surface area contributed by atoms with E-state index >= 15 is 0 Å². The number of nitrogens with zero attached hydrogens (tertiary/aromatic N) is 3. The van der Waals surface area contributed by atoms with Crippen molar-refractivity contribution in [1.29, 1.82) is 0 Å². The van der Waals surface area contributed by atoms with Crippen molar-refractivity contribution in [3.8, 4) is 5.69 Å². The molecule has 3 aromatic rings. The Morgan fingerprint density at radius 3 is 2.00 bits per heavy atom. The van der Waals surface area contributed by atoms with Gasteiger partial charge in [0.05, 0.1) is 16.8 Å². The van der Waals surface area contributed by atoms with Crippen molar-refractivity contribution in [3.63, 3.8) is 0 Å². The lowest BCUT2D eigenvalue weighted by molar-refractivity contribution is 0.0566. The third-order valence-electron chi connectivity index (χ3n) is 3.88. The molecule has 2 aromatic carbocycles. The second-order valence-electron chi connectivity index (χ2n) is 5.29. The molecular weight excluding hydrogens is 306 g/mol. The number of benzene rings is 2. The Kier molecular flexibility index (Phi) is 3.09. The molecule has 0 N–H and O–H groups in total. The topological polar surface area (TPSA) is 72.3 Å². The van der Waals surface area contributed by atoms with Crippen LogP contribution in [-0.4, -0.2) is 32.4 Å². The minimum absolute atomic E-state index is 0.254. The summed E-state index contributed by atoms with van der Waals surface area (Å²) in [4.78, 5) is 38.0. The molecule has 0 saturated heterocycles. The lowest BCUT2D eigenvalue weighted by Crippen LogP contribution is -2.36. The summed E-state index contributed by atoms with van der Waals surface area (Å²) in [7, 11) is 0. The first kappa shape index (κ1) is 14.1. The SMILES string of the molecule is O=C(c1ccc(-n2cccn2)cc1)N1C(=O)c2ccccc2C1=O. The maximum absolute atomic E-state index is 12.6. The Bertz CT molecular complexity index is 924. The minimum atomic E-state index is -0.631. The average molecular weight is 317 g/mol. The van der Waals surface area contributed by atoms with Crippen LogP contribution >= 0.6 is 0 Å². The number of aromatic nitrogens is 2. The van der Waals surface area contributed by atoms with Crippen LogP contribution in [0.15, 0.2) is 67.0 Å². The third-order valence-corrected chi connectivity index (χ3v) is 3.88. The molecule has 24 heavy (non-hydrogen) atoms. The number of fused-ring (bicyclic) bond motifs is 1. The second kappa shape index (κ2) is 5.27. The van der Waals surface area contributed by atoms with Crippen LogP contribution in [0.3, 0.4) is 0 Å². The Hall–Kier alpha value is -3.54. The van der Waals surface area contributed by atoms with E-state index in [2.05, 4.69) is 5.10 Å². The summed E-state index contributed by atoms with van der Waals surface area (Å²) in [6.07, 6.45) is 3.43. The van der Waals surface area contributed by atoms with Crippen molar-refractivity contribution in [3.05, 3.63) is 83.7 Å². The monoisotopic (exact) mass is 317 g/mol. The van der Waals surface area contributed by atoms with Gasteiger partial charge in [-0.1, -0.05) is 12.1 Å². The Balaban J connectivity index is 1.65. The van der Waals surface area contributed by atoms with Gasteiger partial charge >= 0.3 is 0 Å². The number of hydrogen-bond acceptors (Lipinski definition) is 4. The van der Waals surface area contributed by atoms with Crippen LogP contribution in [0.25, 0.3) is 5.69 Å². The molecule has 3 amide bonds. The standard InChI is InChI=1S/C18H11N3O3/c22-16(12-6-8-13(9-7-12)20-11-3-10-19-20)21-17(23)14-4-1-2-5-15(14)18(21)24/h1-11H. The molecular formula is C18H11N3O3. The highest BCUT2D eigenvalue weighted by Gasteiger charge is 2.39. The number of carbonyl (C=O) groups excluding carboxylic acids is 3. The van der Waals surface area contributed by atoms with Crippen LogP contribution in [0, 0.1) is 0 Å². The molecule has 0 atom stereocenters. The third kappa shape index (κ3) is 2.04. The summed E-state index contributed by atoms with van der Waals surface area (Å²) in [5.74, 6) is -1.80. The molecule has 0 bridgehead atoms. The Labute approximate surface area is 136 Å². The lowest BCUT2D eigenvalue weighted by atomic mass is 10.1. The van der Waals surface area contributed by atoms with E-state index in [-0.39, 0.29) is 16.7 Å². The summed E-state index contributed by atoms with van der Waals surface area (Å²) in [5.41, 5.74) is 1.55. The fourth-order valence-corrected chi connectivity index (χ4v) is 2.68. The summed E-state index contributed by atoms with van der Waals surface area (Å²) in [5, 5.41) is 4.10. The van der Waals surface area contributed by atoms with Crippen molar-refractivity contribution in [2.75, 3.05) is 0 Å². The minimum Gasteiger partial charge on any atom is -0.268 e. The molecule has 0 aliphatic carbocycles. The maximum atomic E-state index is 12.6. The van der Waals surface area contributed by atoms with E-state index in [1.165, 1.54) is 0 Å². The molecule has 6 heteroatoms. The van der Waals surface area contributed by atoms with E-state index in [1.807, 2.05) is 0 Å². The normalized spacial score (nSPS) is 13.2. The van der Waals surface area contributed by atoms with Crippen molar-refractivity contribution in [2.24, 2.45) is 0 Å². The first-order chi connectivity index (χ1) is 11.7.